The van der Waals surface area contributed by atoms with Crippen molar-refractivity contribution in [2.24, 2.45) is 0 Å². The zero-order valence-corrected chi connectivity index (χ0v) is 5.99. The summed E-state index contributed by atoms with van der Waals surface area (Å²) in [5, 5.41) is 3.22. The molecule has 0 radical (unpaired) electrons. The third-order valence-corrected chi connectivity index (χ3v) is 1.56. The first kappa shape index (κ1) is 7.56. The molecule has 0 saturated carbocycles. The lowest BCUT2D eigenvalue weighted by molar-refractivity contribution is 0.505. The molecular weight excluding hydrogens is 129 g/mol. The van der Waals surface area contributed by atoms with Crippen LogP contribution in [-0.4, -0.2) is 19.3 Å². The molecular formula is C8H12FN. The predicted molar refractivity (Wildman–Crippen MR) is 39.4 cm³/mol. The van der Waals surface area contributed by atoms with Gasteiger partial charge in [-0.2, -0.15) is 0 Å². The lowest BCUT2D eigenvalue weighted by Gasteiger charge is -1.96. The van der Waals surface area contributed by atoms with Gasteiger partial charge < -0.3 is 5.32 Å². The maximum atomic E-state index is 11.5. The van der Waals surface area contributed by atoms with Gasteiger partial charge in [0.2, 0.25) is 0 Å². The van der Waals surface area contributed by atoms with Gasteiger partial charge >= 0.3 is 0 Å². The van der Waals surface area contributed by atoms with E-state index in [0.717, 1.165) is 13.0 Å². The van der Waals surface area contributed by atoms with Crippen molar-refractivity contribution in [2.75, 3.05) is 13.2 Å². The Labute approximate surface area is 61.0 Å². The van der Waals surface area contributed by atoms with E-state index in [9.17, 15) is 4.39 Å². The van der Waals surface area contributed by atoms with E-state index in [1.54, 1.807) is 0 Å². The fraction of sp³-hybridized carbons (Fsp3) is 0.750. The van der Waals surface area contributed by atoms with Crippen LogP contribution in [0.25, 0.3) is 0 Å². The van der Waals surface area contributed by atoms with E-state index in [1.165, 1.54) is 6.42 Å². The molecule has 1 saturated heterocycles. The van der Waals surface area contributed by atoms with Gasteiger partial charge in [-0.25, -0.2) is 0 Å². The summed E-state index contributed by atoms with van der Waals surface area (Å²) in [6.07, 6.45) is 2.71. The van der Waals surface area contributed by atoms with Crippen LogP contribution in [-0.2, 0) is 0 Å². The van der Waals surface area contributed by atoms with Gasteiger partial charge in [0.05, 0.1) is 6.04 Å². The molecule has 0 aromatic rings. The highest BCUT2D eigenvalue weighted by Gasteiger charge is 2.09. The third kappa shape index (κ3) is 2.36. The van der Waals surface area contributed by atoms with Gasteiger partial charge in [0.25, 0.3) is 0 Å². The Morgan fingerprint density at radius 3 is 3.10 bits per heavy atom. The molecule has 1 nitrogen and oxygen atoms in total. The first-order chi connectivity index (χ1) is 4.93. The number of rotatable bonds is 1. The van der Waals surface area contributed by atoms with Gasteiger partial charge in [-0.3, -0.25) is 4.39 Å². The Morgan fingerprint density at radius 1 is 1.60 bits per heavy atom. The molecule has 1 heterocycles. The molecule has 56 valence electrons. The van der Waals surface area contributed by atoms with E-state index in [1.807, 2.05) is 0 Å². The highest BCUT2D eigenvalue weighted by Crippen LogP contribution is 2.02. The quantitative estimate of drug-likeness (QED) is 0.539. The summed E-state index contributed by atoms with van der Waals surface area (Å²) < 4.78 is 11.5. The average molecular weight is 141 g/mol. The summed E-state index contributed by atoms with van der Waals surface area (Å²) in [5.41, 5.74) is 0. The van der Waals surface area contributed by atoms with Crippen LogP contribution in [0.2, 0.25) is 0 Å². The number of nitrogens with one attached hydrogen (secondary N) is 1. The zero-order chi connectivity index (χ0) is 7.23. The maximum Gasteiger partial charge on any atom is 0.100 e. The van der Waals surface area contributed by atoms with Crippen LogP contribution in [0.1, 0.15) is 19.3 Å². The van der Waals surface area contributed by atoms with E-state index < -0.39 is 0 Å². The molecule has 10 heavy (non-hydrogen) atoms. The van der Waals surface area contributed by atoms with Crippen molar-refractivity contribution in [3.8, 4) is 11.8 Å². The van der Waals surface area contributed by atoms with Crippen LogP contribution in [0.15, 0.2) is 0 Å². The van der Waals surface area contributed by atoms with Crippen LogP contribution in [0.5, 0.6) is 0 Å². The molecule has 1 unspecified atom stereocenters. The molecule has 1 fully saturated rings. The van der Waals surface area contributed by atoms with Crippen molar-refractivity contribution in [1.29, 1.82) is 0 Å². The highest BCUT2D eigenvalue weighted by atomic mass is 19.1. The van der Waals surface area contributed by atoms with Crippen molar-refractivity contribution < 1.29 is 4.39 Å². The minimum absolute atomic E-state index is 0.320. The highest BCUT2D eigenvalue weighted by molar-refractivity contribution is 5.09. The first-order valence-electron chi connectivity index (χ1n) is 3.71. The summed E-state index contributed by atoms with van der Waals surface area (Å²) in [4.78, 5) is 0. The topological polar surface area (TPSA) is 12.0 Å². The Hall–Kier alpha value is -0.550. The van der Waals surface area contributed by atoms with E-state index in [4.69, 9.17) is 0 Å². The van der Waals surface area contributed by atoms with Crippen LogP contribution in [0.3, 0.4) is 0 Å². The van der Waals surface area contributed by atoms with Gasteiger partial charge in [0, 0.05) is 6.42 Å². The molecule has 1 N–H and O–H groups in total. The second-order valence-electron chi connectivity index (χ2n) is 2.41. The smallest absolute Gasteiger partial charge is 0.100 e. The van der Waals surface area contributed by atoms with Gasteiger partial charge in [0.15, 0.2) is 0 Å². The number of hydrogen-bond donors (Lipinski definition) is 1. The zero-order valence-electron chi connectivity index (χ0n) is 5.99. The van der Waals surface area contributed by atoms with Gasteiger partial charge in [0.1, 0.15) is 6.67 Å². The Bertz CT molecular complexity index is 139. The van der Waals surface area contributed by atoms with E-state index >= 15 is 0 Å². The lowest BCUT2D eigenvalue weighted by Crippen LogP contribution is -2.18. The molecule has 0 aromatic heterocycles. The summed E-state index contributed by atoms with van der Waals surface area (Å²) in [6, 6.07) is 0.339. The molecule has 0 spiro atoms. The van der Waals surface area contributed by atoms with Crippen LogP contribution < -0.4 is 5.32 Å². The third-order valence-electron chi connectivity index (χ3n) is 1.56. The Morgan fingerprint density at radius 2 is 2.50 bits per heavy atom. The van der Waals surface area contributed by atoms with Crippen molar-refractivity contribution in [1.82, 2.24) is 5.32 Å². The number of alkyl halides is 1. The Balaban J connectivity index is 2.17. The van der Waals surface area contributed by atoms with Crippen LogP contribution in [0.4, 0.5) is 4.39 Å². The van der Waals surface area contributed by atoms with Crippen LogP contribution in [0, 0.1) is 11.8 Å². The summed E-state index contributed by atoms with van der Waals surface area (Å²) >= 11 is 0. The normalized spacial score (nSPS) is 23.9. The molecule has 0 amide bonds. The molecule has 0 aliphatic carbocycles. The second-order valence-corrected chi connectivity index (χ2v) is 2.41. The fourth-order valence-corrected chi connectivity index (χ4v) is 1.05. The van der Waals surface area contributed by atoms with Crippen molar-refractivity contribution in [2.45, 2.75) is 25.3 Å². The summed E-state index contributed by atoms with van der Waals surface area (Å²) in [6.45, 7) is 0.745. The molecule has 0 aromatic carbocycles. The maximum absolute atomic E-state index is 11.5. The van der Waals surface area contributed by atoms with E-state index in [2.05, 4.69) is 17.2 Å². The molecule has 0 bridgehead atoms. The molecule has 1 aliphatic rings. The van der Waals surface area contributed by atoms with E-state index in [-0.39, 0.29) is 6.67 Å². The lowest BCUT2D eigenvalue weighted by atomic mass is 10.2. The van der Waals surface area contributed by atoms with Gasteiger partial charge in [-0.1, -0.05) is 11.8 Å². The minimum atomic E-state index is -0.320. The van der Waals surface area contributed by atoms with Gasteiger partial charge in [-0.05, 0) is 19.4 Å². The van der Waals surface area contributed by atoms with Crippen molar-refractivity contribution in [3.63, 3.8) is 0 Å². The monoisotopic (exact) mass is 141 g/mol. The largest absolute Gasteiger partial charge is 0.304 e. The molecule has 2 heteroatoms. The summed E-state index contributed by atoms with van der Waals surface area (Å²) in [7, 11) is 0. The van der Waals surface area contributed by atoms with E-state index in [0.29, 0.717) is 12.5 Å². The minimum Gasteiger partial charge on any atom is -0.304 e. The average Bonchev–Trinajstić information content (AvgIpc) is 2.41. The molecule has 1 aliphatic heterocycles. The number of halogens is 1. The standard InChI is InChI=1S/C8H12FN/c9-6-2-1-4-8-5-3-7-10-8/h8,10H,2-3,5-7H2. The van der Waals surface area contributed by atoms with Crippen LogP contribution >= 0.6 is 0 Å². The SMILES string of the molecule is FCCC#CC1CCCN1. The predicted octanol–water partition coefficient (Wildman–Crippen LogP) is 1.10. The molecule has 1 rings (SSSR count). The fourth-order valence-electron chi connectivity index (χ4n) is 1.05. The summed E-state index contributed by atoms with van der Waals surface area (Å²) in [5.74, 6) is 5.77. The second kappa shape index (κ2) is 4.29. The molecule has 1 atom stereocenters. The Kier molecular flexibility index (Phi) is 3.25. The first-order valence-corrected chi connectivity index (χ1v) is 3.71. The van der Waals surface area contributed by atoms with Crippen molar-refractivity contribution >= 4 is 0 Å². The van der Waals surface area contributed by atoms with Gasteiger partial charge in [-0.15, -0.1) is 0 Å². The number of hydrogen-bond acceptors (Lipinski definition) is 1. The van der Waals surface area contributed by atoms with Crippen molar-refractivity contribution in [3.05, 3.63) is 0 Å².